The van der Waals surface area contributed by atoms with Gasteiger partial charge in [-0.2, -0.15) is 0 Å². The highest BCUT2D eigenvalue weighted by Crippen LogP contribution is 2.32. The summed E-state index contributed by atoms with van der Waals surface area (Å²) in [4.78, 5) is 42.0. The number of hydrogen-bond donors (Lipinski definition) is 2. The number of aromatic amines is 1. The molecule has 1 aliphatic carbocycles. The Balaban J connectivity index is 1.86. The van der Waals surface area contributed by atoms with Crippen LogP contribution < -0.4 is 21.9 Å². The number of carbonyl (C=O) groups excluding carboxylic acids is 1. The Morgan fingerprint density at radius 3 is 2.58 bits per heavy atom. The molecule has 0 unspecified atom stereocenters. The Kier molecular flexibility index (Phi) is 8.76. The van der Waals surface area contributed by atoms with E-state index < -0.39 is 11.2 Å². The van der Waals surface area contributed by atoms with Crippen LogP contribution >= 0.6 is 11.8 Å². The highest BCUT2D eigenvalue weighted by molar-refractivity contribution is 7.99. The fourth-order valence-corrected chi connectivity index (χ4v) is 5.30. The van der Waals surface area contributed by atoms with Gasteiger partial charge in [0.25, 0.3) is 5.56 Å². The van der Waals surface area contributed by atoms with E-state index in [2.05, 4.69) is 19.7 Å². The molecule has 1 saturated carbocycles. The molecule has 182 valence electrons. The average molecular weight is 478 g/mol. The van der Waals surface area contributed by atoms with E-state index in [0.717, 1.165) is 30.2 Å². The molecule has 2 aromatic rings. The summed E-state index contributed by atoms with van der Waals surface area (Å²) in [7, 11) is 0. The molecule has 1 aliphatic rings. The minimum atomic E-state index is -0.638. The number of nitrogens with zero attached hydrogens (tertiary/aromatic N) is 5. The van der Waals surface area contributed by atoms with Crippen LogP contribution in [0.2, 0.25) is 0 Å². The van der Waals surface area contributed by atoms with Crippen molar-refractivity contribution in [1.82, 2.24) is 24.3 Å². The first-order chi connectivity index (χ1) is 15.9. The second-order valence-corrected chi connectivity index (χ2v) is 9.47. The molecular formula is C22H35N7O3S. The summed E-state index contributed by atoms with van der Waals surface area (Å²) in [6.07, 6.45) is 8.03. The fraction of sp³-hybridized carbons (Fsp3) is 0.682. The van der Waals surface area contributed by atoms with E-state index in [1.807, 2.05) is 20.8 Å². The number of rotatable bonds is 10. The summed E-state index contributed by atoms with van der Waals surface area (Å²) in [6.45, 7) is 6.58. The first-order valence-electron chi connectivity index (χ1n) is 11.9. The Bertz CT molecular complexity index is 1070. The smallest absolute Gasteiger partial charge is 0.330 e. The van der Waals surface area contributed by atoms with Crippen molar-refractivity contribution >= 4 is 29.2 Å². The number of nitrogens with one attached hydrogen (secondary N) is 1. The number of thioether (sulfide) groups is 1. The molecule has 0 aliphatic heterocycles. The number of aryl methyl sites for hydroxylation is 1. The third-order valence-electron chi connectivity index (χ3n) is 6.07. The van der Waals surface area contributed by atoms with Crippen LogP contribution in [-0.4, -0.2) is 42.5 Å². The number of hydrogen-bond acceptors (Lipinski definition) is 7. The molecule has 0 saturated heterocycles. The van der Waals surface area contributed by atoms with Gasteiger partial charge in [0.2, 0.25) is 5.91 Å². The van der Waals surface area contributed by atoms with Crippen LogP contribution in [0.4, 0.5) is 11.5 Å². The van der Waals surface area contributed by atoms with Crippen molar-refractivity contribution in [3.63, 3.8) is 0 Å². The van der Waals surface area contributed by atoms with Crippen LogP contribution in [-0.2, 0) is 11.3 Å². The van der Waals surface area contributed by atoms with Crippen molar-refractivity contribution in [2.75, 3.05) is 22.9 Å². The Morgan fingerprint density at radius 1 is 1.18 bits per heavy atom. The number of nitrogen functional groups attached to an aromatic ring is 1. The van der Waals surface area contributed by atoms with E-state index in [1.54, 1.807) is 0 Å². The molecule has 3 rings (SSSR count). The minimum Gasteiger partial charge on any atom is -0.383 e. The third-order valence-corrected chi connectivity index (χ3v) is 6.99. The van der Waals surface area contributed by atoms with Gasteiger partial charge in [-0.3, -0.25) is 19.1 Å². The van der Waals surface area contributed by atoms with Crippen LogP contribution in [0.3, 0.4) is 0 Å². The first-order valence-corrected chi connectivity index (χ1v) is 12.8. The van der Waals surface area contributed by atoms with E-state index in [4.69, 9.17) is 5.73 Å². The van der Waals surface area contributed by atoms with Gasteiger partial charge in [0, 0.05) is 19.1 Å². The largest absolute Gasteiger partial charge is 0.383 e. The number of carbonyl (C=O) groups is 1. The van der Waals surface area contributed by atoms with E-state index in [0.29, 0.717) is 32.0 Å². The Morgan fingerprint density at radius 2 is 1.91 bits per heavy atom. The molecule has 1 fully saturated rings. The normalized spacial score (nSPS) is 14.5. The summed E-state index contributed by atoms with van der Waals surface area (Å²) in [5.41, 5.74) is 5.08. The predicted molar refractivity (Wildman–Crippen MR) is 131 cm³/mol. The topological polar surface area (TPSA) is 132 Å². The molecule has 0 atom stereocenters. The maximum Gasteiger partial charge on any atom is 0.330 e. The lowest BCUT2D eigenvalue weighted by atomic mass is 9.95. The predicted octanol–water partition coefficient (Wildman–Crippen LogP) is 2.86. The molecule has 3 N–H and O–H groups in total. The van der Waals surface area contributed by atoms with Gasteiger partial charge in [-0.05, 0) is 32.6 Å². The van der Waals surface area contributed by atoms with Crippen LogP contribution in [0.5, 0.6) is 0 Å². The highest BCUT2D eigenvalue weighted by Gasteiger charge is 2.26. The lowest BCUT2D eigenvalue weighted by Gasteiger charge is -2.26. The standard InChI is InChI=1S/C22H35N7O3S/c1-4-6-13-27(18-19(23)28(12-5-2)21(32)24-20(18)31)17(30)14-33-22-26-25-15(3)29(22)16-10-8-7-9-11-16/h16H,4-14,23H2,1-3H3,(H,24,31,32). The van der Waals surface area contributed by atoms with Gasteiger partial charge in [-0.25, -0.2) is 4.79 Å². The quantitative estimate of drug-likeness (QED) is 0.503. The highest BCUT2D eigenvalue weighted by atomic mass is 32.2. The van der Waals surface area contributed by atoms with Gasteiger partial charge in [0.1, 0.15) is 11.6 Å². The second-order valence-electron chi connectivity index (χ2n) is 8.52. The van der Waals surface area contributed by atoms with Crippen LogP contribution in [0, 0.1) is 6.92 Å². The van der Waals surface area contributed by atoms with Crippen molar-refractivity contribution in [3.8, 4) is 0 Å². The summed E-state index contributed by atoms with van der Waals surface area (Å²) < 4.78 is 3.47. The number of amides is 1. The maximum absolute atomic E-state index is 13.3. The van der Waals surface area contributed by atoms with Gasteiger partial charge >= 0.3 is 5.69 Å². The fourth-order valence-electron chi connectivity index (χ4n) is 4.37. The van der Waals surface area contributed by atoms with Crippen molar-refractivity contribution in [2.45, 2.75) is 89.9 Å². The van der Waals surface area contributed by atoms with E-state index >= 15 is 0 Å². The maximum atomic E-state index is 13.3. The number of aromatic nitrogens is 5. The SMILES string of the molecule is CCCCN(C(=O)CSc1nnc(C)n1C1CCCCC1)c1c(N)n(CCC)c(=O)[nH]c1=O. The zero-order chi connectivity index (χ0) is 24.0. The van der Waals surface area contributed by atoms with E-state index in [9.17, 15) is 14.4 Å². The third kappa shape index (κ3) is 5.69. The Hall–Kier alpha value is -2.56. The van der Waals surface area contributed by atoms with Crippen molar-refractivity contribution in [2.24, 2.45) is 0 Å². The molecule has 10 nitrogen and oxygen atoms in total. The monoisotopic (exact) mass is 477 g/mol. The summed E-state index contributed by atoms with van der Waals surface area (Å²) in [5.74, 6) is 0.733. The first kappa shape index (κ1) is 25.1. The number of H-pyrrole nitrogens is 1. The molecule has 0 radical (unpaired) electrons. The number of nitrogens with two attached hydrogens (primary N) is 1. The second kappa shape index (κ2) is 11.5. The molecule has 0 aromatic carbocycles. The average Bonchev–Trinajstić information content (AvgIpc) is 3.17. The van der Waals surface area contributed by atoms with Gasteiger partial charge in [0.05, 0.1) is 5.75 Å². The number of anilines is 2. The number of unbranched alkanes of at least 4 members (excludes halogenated alkanes) is 1. The van der Waals surface area contributed by atoms with Crippen molar-refractivity contribution in [1.29, 1.82) is 0 Å². The van der Waals surface area contributed by atoms with E-state index in [-0.39, 0.29) is 23.2 Å². The molecule has 0 spiro atoms. The Labute approximate surface area is 198 Å². The zero-order valence-corrected chi connectivity index (χ0v) is 20.6. The lowest BCUT2D eigenvalue weighted by Crippen LogP contribution is -2.42. The molecule has 2 heterocycles. The van der Waals surface area contributed by atoms with Gasteiger partial charge in [-0.15, -0.1) is 10.2 Å². The zero-order valence-electron chi connectivity index (χ0n) is 19.8. The van der Waals surface area contributed by atoms with Crippen LogP contribution in [0.25, 0.3) is 0 Å². The molecule has 33 heavy (non-hydrogen) atoms. The minimum absolute atomic E-state index is 0.0290. The molecule has 11 heteroatoms. The van der Waals surface area contributed by atoms with Crippen LogP contribution in [0.15, 0.2) is 14.7 Å². The molecule has 0 bridgehead atoms. The van der Waals surface area contributed by atoms with Crippen LogP contribution in [0.1, 0.15) is 77.1 Å². The van der Waals surface area contributed by atoms with E-state index in [1.165, 1.54) is 40.5 Å². The van der Waals surface area contributed by atoms with Gasteiger partial charge in [0.15, 0.2) is 10.8 Å². The summed E-state index contributed by atoms with van der Waals surface area (Å²) in [5, 5.41) is 9.28. The van der Waals surface area contributed by atoms with Gasteiger partial charge in [-0.1, -0.05) is 51.3 Å². The summed E-state index contributed by atoms with van der Waals surface area (Å²) in [6, 6.07) is 0.360. The lowest BCUT2D eigenvalue weighted by molar-refractivity contribution is -0.116. The molecule has 1 amide bonds. The molecular weight excluding hydrogens is 442 g/mol. The molecule has 2 aromatic heterocycles. The van der Waals surface area contributed by atoms with Crippen molar-refractivity contribution in [3.05, 3.63) is 26.7 Å². The van der Waals surface area contributed by atoms with Crippen molar-refractivity contribution < 1.29 is 4.79 Å². The summed E-state index contributed by atoms with van der Waals surface area (Å²) >= 11 is 1.33. The van der Waals surface area contributed by atoms with Gasteiger partial charge < -0.3 is 15.2 Å².